The minimum absolute atomic E-state index is 0. The summed E-state index contributed by atoms with van der Waals surface area (Å²) in [5.74, 6) is 1.49. The first kappa shape index (κ1) is 25.9. The van der Waals surface area contributed by atoms with Crippen molar-refractivity contribution >= 4 is 40.0 Å². The van der Waals surface area contributed by atoms with Gasteiger partial charge in [-0.2, -0.15) is 0 Å². The molecule has 10 heteroatoms. The van der Waals surface area contributed by atoms with Crippen LogP contribution < -0.4 is 15.4 Å². The second-order valence-corrected chi connectivity index (χ2v) is 9.06. The molecule has 0 saturated carbocycles. The minimum atomic E-state index is -3.09. The highest BCUT2D eigenvalue weighted by Gasteiger charge is 2.27. The molecule has 0 radical (unpaired) electrons. The van der Waals surface area contributed by atoms with E-state index in [0.717, 1.165) is 5.56 Å². The van der Waals surface area contributed by atoms with Crippen LogP contribution in [0.15, 0.2) is 29.3 Å². The fraction of sp³-hybridized carbons (Fsp3) is 0.632. The van der Waals surface area contributed by atoms with E-state index in [4.69, 9.17) is 4.74 Å². The van der Waals surface area contributed by atoms with Crippen LogP contribution in [0, 0.1) is 0 Å². The van der Waals surface area contributed by atoms with Gasteiger partial charge in [-0.05, 0) is 44.9 Å². The lowest BCUT2D eigenvalue weighted by Crippen LogP contribution is -2.42. The summed E-state index contributed by atoms with van der Waals surface area (Å²) in [6.07, 6.45) is -0.0121. The van der Waals surface area contributed by atoms with Crippen LogP contribution in [0.25, 0.3) is 0 Å². The molecule has 2 rings (SSSR count). The number of hydrogen-bond donors (Lipinski definition) is 3. The summed E-state index contributed by atoms with van der Waals surface area (Å²) in [6, 6.07) is 7.36. The number of aliphatic imine (C=N–C) groups is 1. The Morgan fingerprint density at radius 2 is 2.10 bits per heavy atom. The Bertz CT molecular complexity index is 758. The van der Waals surface area contributed by atoms with Crippen molar-refractivity contribution in [3.8, 4) is 5.75 Å². The van der Waals surface area contributed by atoms with Crippen molar-refractivity contribution in [2.24, 2.45) is 4.99 Å². The van der Waals surface area contributed by atoms with Crippen molar-refractivity contribution in [1.82, 2.24) is 14.9 Å². The number of rotatable bonds is 9. The maximum atomic E-state index is 11.8. The van der Waals surface area contributed by atoms with Crippen LogP contribution in [0.1, 0.15) is 38.9 Å². The van der Waals surface area contributed by atoms with Gasteiger partial charge in [0.1, 0.15) is 5.75 Å². The maximum Gasteiger partial charge on any atom is 0.214 e. The summed E-state index contributed by atoms with van der Waals surface area (Å²) in [6.45, 7) is 8.15. The standard InChI is InChI=1S/C19H32N4O4S.HI/c1-4-20-19(21-9-11-23-10-6-12-28(23,25)26)22-14-18(24)16-7-5-8-17(13-16)27-15(2)3;/h5,7-8,13,15,18,24H,4,6,9-12,14H2,1-3H3,(H2,20,21,22);1H. The summed E-state index contributed by atoms with van der Waals surface area (Å²) in [5, 5.41) is 16.7. The smallest absolute Gasteiger partial charge is 0.214 e. The van der Waals surface area contributed by atoms with Gasteiger partial charge in [-0.25, -0.2) is 12.7 Å². The van der Waals surface area contributed by atoms with Crippen molar-refractivity contribution in [2.45, 2.75) is 39.4 Å². The van der Waals surface area contributed by atoms with Gasteiger partial charge in [0.15, 0.2) is 5.96 Å². The highest BCUT2D eigenvalue weighted by atomic mass is 127. The van der Waals surface area contributed by atoms with Gasteiger partial charge in [0.2, 0.25) is 10.0 Å². The summed E-state index contributed by atoms with van der Waals surface area (Å²) in [5.41, 5.74) is 0.737. The Balaban J connectivity index is 0.00000420. The SMILES string of the molecule is CCNC(=NCC(O)c1cccc(OC(C)C)c1)NCCN1CCCS1(=O)=O.I. The van der Waals surface area contributed by atoms with Crippen molar-refractivity contribution in [1.29, 1.82) is 0 Å². The van der Waals surface area contributed by atoms with Crippen LogP contribution in [0.5, 0.6) is 5.75 Å². The quantitative estimate of drug-likeness (QED) is 0.251. The Kier molecular flexibility index (Phi) is 11.2. The van der Waals surface area contributed by atoms with Gasteiger partial charge >= 0.3 is 0 Å². The molecule has 1 fully saturated rings. The van der Waals surface area contributed by atoms with Crippen molar-refractivity contribution < 1.29 is 18.3 Å². The van der Waals surface area contributed by atoms with E-state index >= 15 is 0 Å². The van der Waals surface area contributed by atoms with Crippen LogP contribution in [0.4, 0.5) is 0 Å². The fourth-order valence-corrected chi connectivity index (χ4v) is 4.46. The van der Waals surface area contributed by atoms with Gasteiger partial charge in [-0.15, -0.1) is 24.0 Å². The zero-order chi connectivity index (χ0) is 20.6. The molecule has 0 amide bonds. The largest absolute Gasteiger partial charge is 0.491 e. The van der Waals surface area contributed by atoms with Crippen LogP contribution in [0.2, 0.25) is 0 Å². The molecule has 1 aliphatic heterocycles. The fourth-order valence-electron chi connectivity index (χ4n) is 2.93. The zero-order valence-electron chi connectivity index (χ0n) is 17.3. The molecule has 3 N–H and O–H groups in total. The maximum absolute atomic E-state index is 11.8. The van der Waals surface area contributed by atoms with E-state index in [9.17, 15) is 13.5 Å². The number of nitrogens with zero attached hydrogens (tertiary/aromatic N) is 2. The first-order chi connectivity index (χ1) is 13.3. The second-order valence-electron chi connectivity index (χ2n) is 6.97. The topological polar surface area (TPSA) is 103 Å². The molecule has 1 saturated heterocycles. The number of nitrogens with one attached hydrogen (secondary N) is 2. The predicted molar refractivity (Wildman–Crippen MR) is 127 cm³/mol. The van der Waals surface area contributed by atoms with Gasteiger partial charge in [0.05, 0.1) is 24.5 Å². The molecular weight excluding hydrogens is 507 g/mol. The molecule has 1 atom stereocenters. The highest BCUT2D eigenvalue weighted by molar-refractivity contribution is 14.0. The van der Waals surface area contributed by atoms with Crippen LogP contribution in [0.3, 0.4) is 0 Å². The number of benzene rings is 1. The van der Waals surface area contributed by atoms with Gasteiger partial charge in [-0.3, -0.25) is 4.99 Å². The van der Waals surface area contributed by atoms with Gasteiger partial charge < -0.3 is 20.5 Å². The number of sulfonamides is 1. The Morgan fingerprint density at radius 3 is 2.72 bits per heavy atom. The van der Waals surface area contributed by atoms with Gasteiger partial charge in [0.25, 0.3) is 0 Å². The highest BCUT2D eigenvalue weighted by Crippen LogP contribution is 2.20. The number of guanidine groups is 1. The number of aliphatic hydroxyl groups is 1. The molecule has 1 aromatic rings. The van der Waals surface area contributed by atoms with Crippen molar-refractivity contribution in [3.05, 3.63) is 29.8 Å². The van der Waals surface area contributed by atoms with Crippen LogP contribution in [-0.4, -0.2) is 68.4 Å². The van der Waals surface area contributed by atoms with Crippen molar-refractivity contribution in [2.75, 3.05) is 38.5 Å². The molecule has 1 aromatic carbocycles. The van der Waals surface area contributed by atoms with E-state index in [-0.39, 0.29) is 42.4 Å². The molecule has 8 nitrogen and oxygen atoms in total. The lowest BCUT2D eigenvalue weighted by Gasteiger charge is -2.17. The van der Waals surface area contributed by atoms with E-state index in [1.807, 2.05) is 45.0 Å². The summed E-state index contributed by atoms with van der Waals surface area (Å²) < 4.78 is 30.8. The Morgan fingerprint density at radius 1 is 1.34 bits per heavy atom. The Hall–Kier alpha value is -1.11. The summed E-state index contributed by atoms with van der Waals surface area (Å²) in [7, 11) is -3.09. The molecule has 0 aliphatic carbocycles. The van der Waals surface area contributed by atoms with E-state index < -0.39 is 16.1 Å². The molecule has 0 bridgehead atoms. The summed E-state index contributed by atoms with van der Waals surface area (Å²) in [4.78, 5) is 4.42. The van der Waals surface area contributed by atoms with E-state index in [1.54, 1.807) is 0 Å². The third-order valence-corrected chi connectivity index (χ3v) is 6.19. The van der Waals surface area contributed by atoms with E-state index in [0.29, 0.717) is 44.3 Å². The average Bonchev–Trinajstić information content (AvgIpc) is 2.97. The molecule has 1 unspecified atom stereocenters. The summed E-state index contributed by atoms with van der Waals surface area (Å²) >= 11 is 0. The normalized spacial score (nSPS) is 17.6. The lowest BCUT2D eigenvalue weighted by atomic mass is 10.1. The minimum Gasteiger partial charge on any atom is -0.491 e. The van der Waals surface area contributed by atoms with E-state index in [1.165, 1.54) is 4.31 Å². The van der Waals surface area contributed by atoms with Gasteiger partial charge in [-0.1, -0.05) is 12.1 Å². The average molecular weight is 540 g/mol. The molecular formula is C19H33IN4O4S. The van der Waals surface area contributed by atoms with Crippen LogP contribution in [-0.2, 0) is 10.0 Å². The molecule has 1 aliphatic rings. The first-order valence-corrected chi connectivity index (χ1v) is 11.4. The monoisotopic (exact) mass is 540 g/mol. The number of ether oxygens (including phenoxy) is 1. The third kappa shape index (κ3) is 8.65. The molecule has 1 heterocycles. The van der Waals surface area contributed by atoms with Crippen molar-refractivity contribution in [3.63, 3.8) is 0 Å². The van der Waals surface area contributed by atoms with Crippen LogP contribution >= 0.6 is 24.0 Å². The Labute approximate surface area is 191 Å². The molecule has 166 valence electrons. The van der Waals surface area contributed by atoms with Gasteiger partial charge in [0, 0.05) is 26.2 Å². The number of hydrogen-bond acceptors (Lipinski definition) is 5. The molecule has 0 aromatic heterocycles. The predicted octanol–water partition coefficient (Wildman–Crippen LogP) is 1.72. The first-order valence-electron chi connectivity index (χ1n) is 9.76. The second kappa shape index (κ2) is 12.6. The third-order valence-electron chi connectivity index (χ3n) is 4.24. The van der Waals surface area contributed by atoms with E-state index in [2.05, 4.69) is 15.6 Å². The number of halogens is 1. The number of aliphatic hydroxyl groups excluding tert-OH is 1. The molecule has 0 spiro atoms. The zero-order valence-corrected chi connectivity index (χ0v) is 20.4. The lowest BCUT2D eigenvalue weighted by molar-refractivity contribution is 0.185. The molecule has 29 heavy (non-hydrogen) atoms.